The summed E-state index contributed by atoms with van der Waals surface area (Å²) >= 11 is 0. The molecule has 1 aromatic carbocycles. The molecule has 8 heteroatoms. The van der Waals surface area contributed by atoms with E-state index in [1.54, 1.807) is 36.7 Å². The minimum atomic E-state index is -0.949. The van der Waals surface area contributed by atoms with E-state index in [0.29, 0.717) is 37.4 Å². The van der Waals surface area contributed by atoms with Crippen LogP contribution in [0.4, 0.5) is 11.4 Å². The van der Waals surface area contributed by atoms with E-state index in [1.165, 1.54) is 4.90 Å². The molecule has 1 fully saturated rings. The van der Waals surface area contributed by atoms with E-state index in [2.05, 4.69) is 10.3 Å². The van der Waals surface area contributed by atoms with Crippen molar-refractivity contribution in [3.05, 3.63) is 54.4 Å². The fourth-order valence-corrected chi connectivity index (χ4v) is 2.88. The summed E-state index contributed by atoms with van der Waals surface area (Å²) in [6.07, 6.45) is 3.21. The van der Waals surface area contributed by atoms with Gasteiger partial charge in [0.1, 0.15) is 0 Å². The highest BCUT2D eigenvalue weighted by Crippen LogP contribution is 2.23. The molecular formula is C18H19N5O3. The molecule has 0 unspecified atom stereocenters. The maximum Gasteiger partial charge on any atom is 0.311 e. The van der Waals surface area contributed by atoms with E-state index in [1.807, 2.05) is 17.0 Å². The molecule has 1 aromatic heterocycles. The molecule has 0 atom stereocenters. The summed E-state index contributed by atoms with van der Waals surface area (Å²) in [5.41, 5.74) is 6.97. The van der Waals surface area contributed by atoms with E-state index in [0.717, 1.165) is 5.69 Å². The smallest absolute Gasteiger partial charge is 0.311 e. The van der Waals surface area contributed by atoms with E-state index < -0.39 is 11.8 Å². The quantitative estimate of drug-likeness (QED) is 0.780. The van der Waals surface area contributed by atoms with Gasteiger partial charge in [0.25, 0.3) is 5.91 Å². The molecule has 3 rings (SSSR count). The van der Waals surface area contributed by atoms with Gasteiger partial charge in [-0.05, 0) is 24.3 Å². The molecular weight excluding hydrogens is 334 g/mol. The zero-order valence-corrected chi connectivity index (χ0v) is 14.1. The number of primary amides is 1. The molecule has 2 aromatic rings. The van der Waals surface area contributed by atoms with Gasteiger partial charge < -0.3 is 20.9 Å². The largest absolute Gasteiger partial charge is 0.367 e. The van der Waals surface area contributed by atoms with Crippen LogP contribution in [0.1, 0.15) is 10.4 Å². The lowest BCUT2D eigenvalue weighted by molar-refractivity contribution is -0.144. The van der Waals surface area contributed by atoms with Crippen molar-refractivity contribution in [3.8, 4) is 0 Å². The minimum Gasteiger partial charge on any atom is -0.367 e. The first-order valence-corrected chi connectivity index (χ1v) is 8.20. The van der Waals surface area contributed by atoms with Crippen LogP contribution in [0.3, 0.4) is 0 Å². The number of hydrogen-bond acceptors (Lipinski definition) is 5. The molecule has 8 nitrogen and oxygen atoms in total. The van der Waals surface area contributed by atoms with E-state index >= 15 is 0 Å². The predicted octanol–water partition coefficient (Wildman–Crippen LogP) is 0.468. The number of pyridine rings is 1. The van der Waals surface area contributed by atoms with Gasteiger partial charge in [-0.2, -0.15) is 0 Å². The molecule has 0 aliphatic carbocycles. The third kappa shape index (κ3) is 3.80. The van der Waals surface area contributed by atoms with Crippen molar-refractivity contribution in [2.75, 3.05) is 36.4 Å². The fraction of sp³-hybridized carbons (Fsp3) is 0.222. The molecule has 3 N–H and O–H groups in total. The van der Waals surface area contributed by atoms with Crippen molar-refractivity contribution in [2.24, 2.45) is 5.73 Å². The maximum atomic E-state index is 12.6. The molecule has 134 valence electrons. The summed E-state index contributed by atoms with van der Waals surface area (Å²) in [5, 5.41) is 2.83. The molecule has 2 heterocycles. The summed E-state index contributed by atoms with van der Waals surface area (Å²) in [6.45, 7) is 1.77. The van der Waals surface area contributed by atoms with Crippen molar-refractivity contribution in [3.63, 3.8) is 0 Å². The van der Waals surface area contributed by atoms with Crippen LogP contribution in [-0.4, -0.2) is 53.8 Å². The Morgan fingerprint density at radius 1 is 1.00 bits per heavy atom. The van der Waals surface area contributed by atoms with Gasteiger partial charge in [-0.25, -0.2) is 0 Å². The number of rotatable bonds is 3. The van der Waals surface area contributed by atoms with Gasteiger partial charge in [0.2, 0.25) is 0 Å². The number of piperazine rings is 1. The second-order valence-corrected chi connectivity index (χ2v) is 5.86. The van der Waals surface area contributed by atoms with Gasteiger partial charge in [-0.3, -0.25) is 19.4 Å². The number of anilines is 2. The first-order chi connectivity index (χ1) is 12.6. The monoisotopic (exact) mass is 353 g/mol. The second kappa shape index (κ2) is 7.64. The number of para-hydroxylation sites is 1. The zero-order valence-electron chi connectivity index (χ0n) is 14.1. The summed E-state index contributed by atoms with van der Waals surface area (Å²) in [7, 11) is 0. The van der Waals surface area contributed by atoms with E-state index in [-0.39, 0.29) is 5.91 Å². The Morgan fingerprint density at radius 2 is 1.73 bits per heavy atom. The number of nitrogens with two attached hydrogens (primary N) is 1. The average molecular weight is 353 g/mol. The third-order valence-corrected chi connectivity index (χ3v) is 4.19. The van der Waals surface area contributed by atoms with Crippen LogP contribution < -0.4 is 16.0 Å². The molecule has 0 saturated carbocycles. The van der Waals surface area contributed by atoms with Gasteiger partial charge in [0, 0.05) is 38.1 Å². The number of aromatic nitrogens is 1. The molecule has 0 bridgehead atoms. The summed E-state index contributed by atoms with van der Waals surface area (Å²) < 4.78 is 0. The Kier molecular flexibility index (Phi) is 5.12. The van der Waals surface area contributed by atoms with Crippen LogP contribution in [0.5, 0.6) is 0 Å². The van der Waals surface area contributed by atoms with Crippen LogP contribution in [0.2, 0.25) is 0 Å². The number of hydrogen-bond donors (Lipinski definition) is 2. The van der Waals surface area contributed by atoms with Crippen molar-refractivity contribution in [2.45, 2.75) is 0 Å². The summed E-state index contributed by atoms with van der Waals surface area (Å²) in [4.78, 5) is 42.8. The highest BCUT2D eigenvalue weighted by atomic mass is 16.2. The lowest BCUT2D eigenvalue weighted by atomic mass is 10.1. The molecule has 0 spiro atoms. The van der Waals surface area contributed by atoms with Crippen LogP contribution in [-0.2, 0) is 9.59 Å². The maximum absolute atomic E-state index is 12.6. The molecule has 0 radical (unpaired) electrons. The lowest BCUT2D eigenvalue weighted by Gasteiger charge is -2.36. The van der Waals surface area contributed by atoms with Crippen molar-refractivity contribution in [1.29, 1.82) is 0 Å². The standard InChI is InChI=1S/C18H19N5O3/c19-16(24)18(26)23-10-8-22(9-11-23)15-6-2-1-5-14(15)17(25)21-13-4-3-7-20-12-13/h1-7,12H,8-11H2,(H2,19,24)(H,21,25). The normalized spacial score (nSPS) is 14.0. The third-order valence-electron chi connectivity index (χ3n) is 4.19. The number of carbonyl (C=O) groups excluding carboxylic acids is 3. The van der Waals surface area contributed by atoms with Crippen LogP contribution in [0.25, 0.3) is 0 Å². The Labute approximate surface area is 150 Å². The zero-order chi connectivity index (χ0) is 18.5. The fourth-order valence-electron chi connectivity index (χ4n) is 2.88. The lowest BCUT2D eigenvalue weighted by Crippen LogP contribution is -2.52. The Hall–Kier alpha value is -3.42. The average Bonchev–Trinajstić information content (AvgIpc) is 2.68. The second-order valence-electron chi connectivity index (χ2n) is 5.86. The van der Waals surface area contributed by atoms with Crippen molar-refractivity contribution in [1.82, 2.24) is 9.88 Å². The SMILES string of the molecule is NC(=O)C(=O)N1CCN(c2ccccc2C(=O)Nc2cccnc2)CC1. The Balaban J connectivity index is 1.73. The first kappa shape index (κ1) is 17.4. The molecule has 1 aliphatic rings. The van der Waals surface area contributed by atoms with Crippen LogP contribution in [0.15, 0.2) is 48.8 Å². The number of amides is 3. The molecule has 1 aliphatic heterocycles. The van der Waals surface area contributed by atoms with Crippen LogP contribution in [0, 0.1) is 0 Å². The number of nitrogens with one attached hydrogen (secondary N) is 1. The minimum absolute atomic E-state index is 0.232. The van der Waals surface area contributed by atoms with Gasteiger partial charge >= 0.3 is 11.8 Å². The van der Waals surface area contributed by atoms with Crippen molar-refractivity contribution >= 4 is 29.1 Å². The van der Waals surface area contributed by atoms with Gasteiger partial charge in [0.05, 0.1) is 17.4 Å². The number of carbonyl (C=O) groups is 3. The predicted molar refractivity (Wildman–Crippen MR) is 96.6 cm³/mol. The topological polar surface area (TPSA) is 109 Å². The molecule has 3 amide bonds. The van der Waals surface area contributed by atoms with E-state index in [4.69, 9.17) is 5.73 Å². The summed E-state index contributed by atoms with van der Waals surface area (Å²) in [5.74, 6) is -1.86. The first-order valence-electron chi connectivity index (χ1n) is 8.20. The number of nitrogens with zero attached hydrogens (tertiary/aromatic N) is 3. The number of benzene rings is 1. The van der Waals surface area contributed by atoms with Gasteiger partial charge in [-0.15, -0.1) is 0 Å². The van der Waals surface area contributed by atoms with E-state index in [9.17, 15) is 14.4 Å². The van der Waals surface area contributed by atoms with Crippen LogP contribution >= 0.6 is 0 Å². The highest BCUT2D eigenvalue weighted by Gasteiger charge is 2.26. The Bertz CT molecular complexity index is 817. The molecule has 1 saturated heterocycles. The van der Waals surface area contributed by atoms with Gasteiger partial charge in [0.15, 0.2) is 0 Å². The summed E-state index contributed by atoms with van der Waals surface area (Å²) in [6, 6.07) is 10.8. The van der Waals surface area contributed by atoms with Gasteiger partial charge in [-0.1, -0.05) is 12.1 Å². The Morgan fingerprint density at radius 3 is 2.38 bits per heavy atom. The highest BCUT2D eigenvalue weighted by molar-refractivity contribution is 6.34. The molecule has 26 heavy (non-hydrogen) atoms. The van der Waals surface area contributed by atoms with Crippen molar-refractivity contribution < 1.29 is 14.4 Å².